The van der Waals surface area contributed by atoms with Crippen LogP contribution in [0.2, 0.25) is 0 Å². The Morgan fingerprint density at radius 3 is 2.66 bits per heavy atom. The second-order valence-electron chi connectivity index (χ2n) is 7.55. The van der Waals surface area contributed by atoms with Crippen molar-refractivity contribution in [1.29, 1.82) is 0 Å². The minimum Gasteiger partial charge on any atom is -0.393 e. The fourth-order valence-corrected chi connectivity index (χ4v) is 5.21. The van der Waals surface area contributed by atoms with Crippen LogP contribution < -0.4 is 5.32 Å². The summed E-state index contributed by atoms with van der Waals surface area (Å²) in [4.78, 5) is 23.7. The molecule has 174 valence electrons. The van der Waals surface area contributed by atoms with E-state index in [9.17, 15) is 18.3 Å². The van der Waals surface area contributed by atoms with Gasteiger partial charge in [0.15, 0.2) is 20.7 Å². The topological polar surface area (TPSA) is 127 Å². The van der Waals surface area contributed by atoms with Crippen LogP contribution in [-0.4, -0.2) is 61.8 Å². The summed E-state index contributed by atoms with van der Waals surface area (Å²) in [5.74, 6) is -0.549. The molecule has 2 N–H and O–H groups in total. The van der Waals surface area contributed by atoms with Crippen LogP contribution in [0.1, 0.15) is 36.1 Å². The van der Waals surface area contributed by atoms with Crippen molar-refractivity contribution in [2.24, 2.45) is 5.16 Å². The van der Waals surface area contributed by atoms with Gasteiger partial charge in [0.2, 0.25) is 0 Å². The van der Waals surface area contributed by atoms with Gasteiger partial charge < -0.3 is 14.7 Å². The van der Waals surface area contributed by atoms with Gasteiger partial charge in [0.05, 0.1) is 16.8 Å². The number of methoxy groups -OCH3 is 1. The number of amides is 1. The molecule has 0 bridgehead atoms. The Balaban J connectivity index is 1.81. The van der Waals surface area contributed by atoms with E-state index in [1.165, 1.54) is 42.7 Å². The summed E-state index contributed by atoms with van der Waals surface area (Å²) >= 11 is 1.33. The summed E-state index contributed by atoms with van der Waals surface area (Å²) in [6.45, 7) is 2.24. The summed E-state index contributed by atoms with van der Waals surface area (Å²) in [5.41, 5.74) is 0.410. The molecule has 0 aliphatic heterocycles. The average molecular weight is 482 g/mol. The van der Waals surface area contributed by atoms with E-state index in [4.69, 9.17) is 9.57 Å². The summed E-state index contributed by atoms with van der Waals surface area (Å²) in [6.07, 6.45) is 3.03. The Bertz CT molecular complexity index is 1050. The summed E-state index contributed by atoms with van der Waals surface area (Å²) < 4.78 is 29.9. The number of hydrogen-bond acceptors (Lipinski definition) is 9. The zero-order chi connectivity index (χ0) is 23.1. The van der Waals surface area contributed by atoms with E-state index in [1.54, 1.807) is 6.20 Å². The second-order valence-corrected chi connectivity index (χ2v) is 10.9. The highest BCUT2D eigenvalue weighted by atomic mass is 32.2. The third kappa shape index (κ3) is 6.58. The number of anilines is 1. The monoisotopic (exact) mass is 481 g/mol. The van der Waals surface area contributed by atoms with Gasteiger partial charge in [-0.05, 0) is 38.3 Å². The number of aliphatic hydroxyl groups is 1. The molecule has 2 atom stereocenters. The second kappa shape index (κ2) is 11.0. The highest BCUT2D eigenvalue weighted by molar-refractivity contribution is 7.91. The molecule has 32 heavy (non-hydrogen) atoms. The number of carbonyl (C=O) groups excluding carboxylic acids is 1. The summed E-state index contributed by atoms with van der Waals surface area (Å²) in [7, 11) is -1.94. The number of hydrogen-bond donors (Lipinski definition) is 2. The maximum atomic E-state index is 12.9. The Kier molecular flexibility index (Phi) is 8.35. The number of nitrogens with zero attached hydrogens (tertiary/aromatic N) is 2. The standard InChI is InChI=1S/C21H27N3O6S2/c1-14-13-22-21(31-14)23-20(26)19(24-30-17-7-6-16(25)12-17)15-4-8-18(9-5-15)32(27,28)11-3-10-29-2/h4-5,8-9,13,16-17,25H,3,6-7,10-12H2,1-2H3,(H,22,23,26)/b24-19+/t16-,17-/m1/s1. The van der Waals surface area contributed by atoms with Crippen molar-refractivity contribution in [3.63, 3.8) is 0 Å². The predicted octanol–water partition coefficient (Wildman–Crippen LogP) is 2.53. The molecule has 1 heterocycles. The van der Waals surface area contributed by atoms with Crippen molar-refractivity contribution < 1.29 is 27.9 Å². The van der Waals surface area contributed by atoms with Crippen molar-refractivity contribution in [3.8, 4) is 0 Å². The normalized spacial score (nSPS) is 19.2. The molecular weight excluding hydrogens is 454 g/mol. The minimum atomic E-state index is -3.46. The molecule has 0 unspecified atom stereocenters. The lowest BCUT2D eigenvalue weighted by atomic mass is 10.1. The average Bonchev–Trinajstić information content (AvgIpc) is 3.36. The molecule has 2 aromatic rings. The first-order chi connectivity index (χ1) is 15.3. The summed E-state index contributed by atoms with van der Waals surface area (Å²) in [6, 6.07) is 5.96. The maximum absolute atomic E-state index is 12.9. The van der Waals surface area contributed by atoms with Gasteiger partial charge in [-0.2, -0.15) is 0 Å². The van der Waals surface area contributed by atoms with Gasteiger partial charge in [0, 0.05) is 36.8 Å². The molecule has 1 aromatic heterocycles. The number of carbonyl (C=O) groups is 1. The Morgan fingerprint density at radius 2 is 2.06 bits per heavy atom. The van der Waals surface area contributed by atoms with Gasteiger partial charge >= 0.3 is 0 Å². The number of oxime groups is 1. The van der Waals surface area contributed by atoms with Gasteiger partial charge in [0.1, 0.15) is 6.10 Å². The molecule has 0 saturated heterocycles. The van der Waals surface area contributed by atoms with E-state index in [0.717, 1.165) is 4.88 Å². The maximum Gasteiger partial charge on any atom is 0.280 e. The van der Waals surface area contributed by atoms with Crippen molar-refractivity contribution in [1.82, 2.24) is 4.98 Å². The SMILES string of the molecule is COCCCS(=O)(=O)c1ccc(/C(=N\O[C@@H]2CC[C@@H](O)C2)C(=O)Nc2ncc(C)s2)cc1. The molecular formula is C21H27N3O6S2. The van der Waals surface area contributed by atoms with Crippen LogP contribution in [0.15, 0.2) is 40.5 Å². The molecule has 0 spiro atoms. The van der Waals surface area contributed by atoms with Crippen LogP contribution in [-0.2, 0) is 24.2 Å². The lowest BCUT2D eigenvalue weighted by Crippen LogP contribution is -2.25. The minimum absolute atomic E-state index is 0.00238. The Labute approximate surface area is 191 Å². The lowest BCUT2D eigenvalue weighted by molar-refractivity contribution is -0.110. The number of aryl methyl sites for hydroxylation is 1. The quantitative estimate of drug-likeness (QED) is 0.303. The van der Waals surface area contributed by atoms with Crippen LogP contribution in [0, 0.1) is 6.92 Å². The van der Waals surface area contributed by atoms with E-state index in [2.05, 4.69) is 15.5 Å². The molecule has 0 radical (unpaired) electrons. The van der Waals surface area contributed by atoms with Crippen LogP contribution >= 0.6 is 11.3 Å². The number of thiazole rings is 1. The van der Waals surface area contributed by atoms with Gasteiger partial charge in [0.25, 0.3) is 5.91 Å². The molecule has 1 aliphatic rings. The van der Waals surface area contributed by atoms with Crippen molar-refractivity contribution in [3.05, 3.63) is 40.9 Å². The van der Waals surface area contributed by atoms with E-state index in [1.807, 2.05) is 6.92 Å². The van der Waals surface area contributed by atoms with Crippen molar-refractivity contribution in [2.75, 3.05) is 24.8 Å². The fourth-order valence-electron chi connectivity index (χ4n) is 3.27. The van der Waals surface area contributed by atoms with Crippen LogP contribution in [0.25, 0.3) is 0 Å². The summed E-state index contributed by atoms with van der Waals surface area (Å²) in [5, 5.41) is 16.9. The third-order valence-electron chi connectivity index (χ3n) is 4.96. The van der Waals surface area contributed by atoms with E-state index >= 15 is 0 Å². The largest absolute Gasteiger partial charge is 0.393 e. The number of aliphatic hydroxyl groups excluding tert-OH is 1. The fraction of sp³-hybridized carbons (Fsp3) is 0.476. The highest BCUT2D eigenvalue weighted by Crippen LogP contribution is 2.23. The zero-order valence-corrected chi connectivity index (χ0v) is 19.6. The first kappa shape index (κ1) is 24.3. The third-order valence-corrected chi connectivity index (χ3v) is 7.60. The zero-order valence-electron chi connectivity index (χ0n) is 18.0. The molecule has 1 fully saturated rings. The Hall–Kier alpha value is -2.34. The van der Waals surface area contributed by atoms with E-state index in [0.29, 0.717) is 43.0 Å². The van der Waals surface area contributed by atoms with E-state index < -0.39 is 21.8 Å². The number of nitrogens with one attached hydrogen (secondary N) is 1. The van der Waals surface area contributed by atoms with E-state index in [-0.39, 0.29) is 22.5 Å². The van der Waals surface area contributed by atoms with Gasteiger partial charge in [-0.25, -0.2) is 13.4 Å². The smallest absolute Gasteiger partial charge is 0.280 e. The van der Waals surface area contributed by atoms with Crippen LogP contribution in [0.5, 0.6) is 0 Å². The Morgan fingerprint density at radius 1 is 1.31 bits per heavy atom. The predicted molar refractivity (Wildman–Crippen MR) is 122 cm³/mol. The number of rotatable bonds is 10. The van der Waals surface area contributed by atoms with Crippen molar-refractivity contribution in [2.45, 2.75) is 49.7 Å². The number of aromatic nitrogens is 1. The number of benzene rings is 1. The molecule has 11 heteroatoms. The molecule has 3 rings (SSSR count). The molecule has 1 aliphatic carbocycles. The number of ether oxygens (including phenoxy) is 1. The number of sulfone groups is 1. The van der Waals surface area contributed by atoms with Gasteiger partial charge in [-0.3, -0.25) is 10.1 Å². The highest BCUT2D eigenvalue weighted by Gasteiger charge is 2.26. The molecule has 9 nitrogen and oxygen atoms in total. The molecule has 1 aromatic carbocycles. The van der Waals surface area contributed by atoms with Crippen molar-refractivity contribution >= 4 is 37.9 Å². The molecule has 1 saturated carbocycles. The van der Waals surface area contributed by atoms with Crippen LogP contribution in [0.3, 0.4) is 0 Å². The first-order valence-electron chi connectivity index (χ1n) is 10.3. The first-order valence-corrected chi connectivity index (χ1v) is 12.7. The van der Waals surface area contributed by atoms with Crippen LogP contribution in [0.4, 0.5) is 5.13 Å². The van der Waals surface area contributed by atoms with Gasteiger partial charge in [-0.15, -0.1) is 11.3 Å². The lowest BCUT2D eigenvalue weighted by Gasteiger charge is -2.11. The van der Waals surface area contributed by atoms with Gasteiger partial charge in [-0.1, -0.05) is 17.3 Å². The molecule has 1 amide bonds.